The smallest absolute Gasteiger partial charge is 0.338 e. The second kappa shape index (κ2) is 8.60. The van der Waals surface area contributed by atoms with Crippen molar-refractivity contribution in [3.8, 4) is 0 Å². The topological polar surface area (TPSA) is 71.1 Å². The molecule has 6 nitrogen and oxygen atoms in total. The molecule has 1 heterocycles. The molecular formula is C20H20O6. The molecule has 0 saturated carbocycles. The van der Waals surface area contributed by atoms with Crippen molar-refractivity contribution in [2.24, 2.45) is 0 Å². The first-order chi connectivity index (χ1) is 12.7. The average Bonchev–Trinajstić information content (AvgIpc) is 2.69. The number of carbonyl (C=O) groups excluding carboxylic acids is 2. The molecule has 1 saturated heterocycles. The molecule has 0 radical (unpaired) electrons. The monoisotopic (exact) mass is 356 g/mol. The number of rotatable bonds is 5. The van der Waals surface area contributed by atoms with E-state index in [1.54, 1.807) is 48.5 Å². The normalized spacial score (nSPS) is 20.3. The average molecular weight is 356 g/mol. The number of benzene rings is 2. The zero-order valence-corrected chi connectivity index (χ0v) is 14.4. The van der Waals surface area contributed by atoms with Crippen LogP contribution in [0, 0.1) is 0 Å². The standard InChI is InChI=1S/C20H20O6/c1-23-18-16(25-19(21)14-8-4-2-5-9-14)12-24-13-17(18)26-20(22)15-10-6-3-7-11-15/h2-11,16-18H,12-13H2,1H3/t16-,17-/m0/s1. The molecule has 0 N–H and O–H groups in total. The van der Waals surface area contributed by atoms with Gasteiger partial charge < -0.3 is 18.9 Å². The highest BCUT2D eigenvalue weighted by Gasteiger charge is 2.39. The lowest BCUT2D eigenvalue weighted by Crippen LogP contribution is -2.52. The van der Waals surface area contributed by atoms with E-state index in [1.165, 1.54) is 7.11 Å². The molecule has 0 amide bonds. The molecule has 2 aromatic carbocycles. The van der Waals surface area contributed by atoms with Gasteiger partial charge in [-0.3, -0.25) is 0 Å². The van der Waals surface area contributed by atoms with Gasteiger partial charge in [-0.15, -0.1) is 0 Å². The van der Waals surface area contributed by atoms with Crippen molar-refractivity contribution in [2.75, 3.05) is 20.3 Å². The summed E-state index contributed by atoms with van der Waals surface area (Å²) in [4.78, 5) is 24.6. The third kappa shape index (κ3) is 4.28. The fourth-order valence-corrected chi connectivity index (χ4v) is 2.79. The molecule has 0 aliphatic carbocycles. The van der Waals surface area contributed by atoms with Gasteiger partial charge in [0.2, 0.25) is 0 Å². The van der Waals surface area contributed by atoms with Crippen LogP contribution < -0.4 is 0 Å². The van der Waals surface area contributed by atoms with Crippen LogP contribution in [-0.2, 0) is 18.9 Å². The van der Waals surface area contributed by atoms with Crippen molar-refractivity contribution in [1.29, 1.82) is 0 Å². The molecule has 1 aliphatic rings. The second-order valence-electron chi connectivity index (χ2n) is 5.86. The van der Waals surface area contributed by atoms with Gasteiger partial charge in [0, 0.05) is 7.11 Å². The maximum Gasteiger partial charge on any atom is 0.338 e. The van der Waals surface area contributed by atoms with E-state index in [4.69, 9.17) is 18.9 Å². The Balaban J connectivity index is 1.66. The van der Waals surface area contributed by atoms with Crippen molar-refractivity contribution >= 4 is 11.9 Å². The summed E-state index contributed by atoms with van der Waals surface area (Å²) in [7, 11) is 1.49. The predicted octanol–water partition coefficient (Wildman–Crippen LogP) is 2.48. The summed E-state index contributed by atoms with van der Waals surface area (Å²) in [5, 5.41) is 0. The van der Waals surface area contributed by atoms with Crippen LogP contribution in [0.3, 0.4) is 0 Å². The van der Waals surface area contributed by atoms with Gasteiger partial charge in [-0.1, -0.05) is 36.4 Å². The summed E-state index contributed by atoms with van der Waals surface area (Å²) >= 11 is 0. The van der Waals surface area contributed by atoms with Crippen LogP contribution in [0.1, 0.15) is 20.7 Å². The molecule has 3 rings (SSSR count). The van der Waals surface area contributed by atoms with E-state index in [0.29, 0.717) is 11.1 Å². The minimum atomic E-state index is -0.671. The highest BCUT2D eigenvalue weighted by molar-refractivity contribution is 5.90. The minimum Gasteiger partial charge on any atom is -0.453 e. The van der Waals surface area contributed by atoms with E-state index in [-0.39, 0.29) is 13.2 Å². The van der Waals surface area contributed by atoms with Crippen LogP contribution in [-0.4, -0.2) is 50.6 Å². The predicted molar refractivity (Wildman–Crippen MR) is 92.9 cm³/mol. The van der Waals surface area contributed by atoms with Gasteiger partial charge in [-0.25, -0.2) is 9.59 Å². The van der Waals surface area contributed by atoms with E-state index in [9.17, 15) is 9.59 Å². The quantitative estimate of drug-likeness (QED) is 0.767. The molecule has 1 aliphatic heterocycles. The summed E-state index contributed by atoms with van der Waals surface area (Å²) in [6, 6.07) is 17.3. The SMILES string of the molecule is COC1[C@@H](OC(=O)c2ccccc2)COC[C@@H]1OC(=O)c1ccccc1. The number of hydrogen-bond donors (Lipinski definition) is 0. The number of carbonyl (C=O) groups is 2. The van der Waals surface area contributed by atoms with Crippen LogP contribution >= 0.6 is 0 Å². The molecular weight excluding hydrogens is 336 g/mol. The Labute approximate surface area is 151 Å². The lowest BCUT2D eigenvalue weighted by atomic mass is 10.1. The number of esters is 2. The molecule has 0 bridgehead atoms. The van der Waals surface area contributed by atoms with Crippen molar-refractivity contribution < 1.29 is 28.5 Å². The molecule has 0 spiro atoms. The van der Waals surface area contributed by atoms with Gasteiger partial charge in [0.15, 0.2) is 12.2 Å². The highest BCUT2D eigenvalue weighted by atomic mass is 16.6. The maximum atomic E-state index is 12.3. The number of hydrogen-bond acceptors (Lipinski definition) is 6. The van der Waals surface area contributed by atoms with Gasteiger partial charge in [0.25, 0.3) is 0 Å². The Morgan fingerprint density at radius 1 is 0.808 bits per heavy atom. The summed E-state index contributed by atoms with van der Waals surface area (Å²) in [6.45, 7) is 0.354. The van der Waals surface area contributed by atoms with Gasteiger partial charge in [-0.05, 0) is 24.3 Å². The van der Waals surface area contributed by atoms with Crippen molar-refractivity contribution in [3.63, 3.8) is 0 Å². The van der Waals surface area contributed by atoms with Gasteiger partial charge in [0.05, 0.1) is 24.3 Å². The van der Waals surface area contributed by atoms with Crippen molar-refractivity contribution in [3.05, 3.63) is 71.8 Å². The Bertz CT molecular complexity index is 669. The second-order valence-corrected chi connectivity index (χ2v) is 5.86. The van der Waals surface area contributed by atoms with Crippen molar-refractivity contribution in [2.45, 2.75) is 18.3 Å². The largest absolute Gasteiger partial charge is 0.453 e. The van der Waals surface area contributed by atoms with E-state index in [1.807, 2.05) is 12.1 Å². The first kappa shape index (κ1) is 18.1. The summed E-state index contributed by atoms with van der Waals surface area (Å²) in [5.74, 6) is -0.951. The molecule has 2 aromatic rings. The molecule has 1 fully saturated rings. The third-order valence-electron chi connectivity index (χ3n) is 4.11. The zero-order chi connectivity index (χ0) is 18.4. The Morgan fingerprint density at radius 2 is 1.23 bits per heavy atom. The molecule has 136 valence electrons. The molecule has 2 atom stereocenters. The minimum absolute atomic E-state index is 0.177. The summed E-state index contributed by atoms with van der Waals surface area (Å²) < 4.78 is 22.0. The van der Waals surface area contributed by atoms with Crippen molar-refractivity contribution in [1.82, 2.24) is 0 Å². The summed E-state index contributed by atoms with van der Waals surface area (Å²) in [5.41, 5.74) is 0.872. The van der Waals surface area contributed by atoms with Gasteiger partial charge in [-0.2, -0.15) is 0 Å². The van der Waals surface area contributed by atoms with E-state index in [0.717, 1.165) is 0 Å². The first-order valence-corrected chi connectivity index (χ1v) is 8.31. The Hall–Kier alpha value is -2.70. The fraction of sp³-hybridized carbons (Fsp3) is 0.300. The number of methoxy groups -OCH3 is 1. The Kier molecular flexibility index (Phi) is 5.99. The zero-order valence-electron chi connectivity index (χ0n) is 14.4. The Morgan fingerprint density at radius 3 is 1.62 bits per heavy atom. The highest BCUT2D eigenvalue weighted by Crippen LogP contribution is 2.20. The van der Waals surface area contributed by atoms with Crippen LogP contribution in [0.5, 0.6) is 0 Å². The lowest BCUT2D eigenvalue weighted by Gasteiger charge is -2.35. The van der Waals surface area contributed by atoms with Gasteiger partial charge in [0.1, 0.15) is 6.10 Å². The van der Waals surface area contributed by atoms with E-state index >= 15 is 0 Å². The van der Waals surface area contributed by atoms with Crippen LogP contribution in [0.15, 0.2) is 60.7 Å². The molecule has 26 heavy (non-hydrogen) atoms. The van der Waals surface area contributed by atoms with Crippen LogP contribution in [0.2, 0.25) is 0 Å². The lowest BCUT2D eigenvalue weighted by molar-refractivity contribution is -0.165. The van der Waals surface area contributed by atoms with Crippen LogP contribution in [0.25, 0.3) is 0 Å². The molecule has 0 aromatic heterocycles. The van der Waals surface area contributed by atoms with E-state index < -0.39 is 30.3 Å². The van der Waals surface area contributed by atoms with Crippen LogP contribution in [0.4, 0.5) is 0 Å². The fourth-order valence-electron chi connectivity index (χ4n) is 2.79. The number of ether oxygens (including phenoxy) is 4. The molecule has 6 heteroatoms. The first-order valence-electron chi connectivity index (χ1n) is 8.31. The third-order valence-corrected chi connectivity index (χ3v) is 4.11. The molecule has 0 unspecified atom stereocenters. The summed E-state index contributed by atoms with van der Waals surface area (Å²) in [6.07, 6.45) is -1.95. The maximum absolute atomic E-state index is 12.3. The van der Waals surface area contributed by atoms with E-state index in [2.05, 4.69) is 0 Å². The van der Waals surface area contributed by atoms with Gasteiger partial charge >= 0.3 is 11.9 Å².